The summed E-state index contributed by atoms with van der Waals surface area (Å²) in [6.45, 7) is 4.02. The zero-order valence-corrected chi connectivity index (χ0v) is 7.67. The van der Waals surface area contributed by atoms with Gasteiger partial charge in [0.2, 0.25) is 0 Å². The molecule has 1 atom stereocenters. The van der Waals surface area contributed by atoms with Crippen molar-refractivity contribution in [3.8, 4) is 0 Å². The number of hydrogen-bond acceptors (Lipinski definition) is 4. The Kier molecular flexibility index (Phi) is 5.16. The molecule has 1 unspecified atom stereocenters. The molecule has 0 radical (unpaired) electrons. The SMILES string of the molecule is CCCP(=O)(OC=O)OCC. The van der Waals surface area contributed by atoms with E-state index in [1.165, 1.54) is 0 Å². The van der Waals surface area contributed by atoms with Gasteiger partial charge in [0.25, 0.3) is 6.47 Å². The van der Waals surface area contributed by atoms with Gasteiger partial charge in [0.15, 0.2) is 0 Å². The van der Waals surface area contributed by atoms with Crippen LogP contribution in [0, 0.1) is 0 Å². The second-order valence-corrected chi connectivity index (χ2v) is 4.09. The maximum absolute atomic E-state index is 11.3. The maximum Gasteiger partial charge on any atom is 0.381 e. The van der Waals surface area contributed by atoms with E-state index in [9.17, 15) is 9.36 Å². The Morgan fingerprint density at radius 1 is 1.45 bits per heavy atom. The van der Waals surface area contributed by atoms with Crippen LogP contribution in [0.15, 0.2) is 0 Å². The summed E-state index contributed by atoms with van der Waals surface area (Å²) in [5.74, 6) is 0. The first-order valence-electron chi connectivity index (χ1n) is 3.54. The van der Waals surface area contributed by atoms with Gasteiger partial charge in [-0.05, 0) is 13.3 Å². The maximum atomic E-state index is 11.3. The lowest BCUT2D eigenvalue weighted by Gasteiger charge is -2.12. The smallest absolute Gasteiger partial charge is 0.381 e. The van der Waals surface area contributed by atoms with E-state index in [1.54, 1.807) is 6.92 Å². The van der Waals surface area contributed by atoms with Crippen LogP contribution in [0.1, 0.15) is 20.3 Å². The van der Waals surface area contributed by atoms with E-state index in [2.05, 4.69) is 4.52 Å². The van der Waals surface area contributed by atoms with Crippen LogP contribution in [-0.4, -0.2) is 19.2 Å². The van der Waals surface area contributed by atoms with E-state index in [1.807, 2.05) is 6.92 Å². The van der Waals surface area contributed by atoms with Gasteiger partial charge in [-0.25, -0.2) is 4.57 Å². The summed E-state index contributed by atoms with van der Waals surface area (Å²) >= 11 is 0. The van der Waals surface area contributed by atoms with Crippen molar-refractivity contribution in [1.82, 2.24) is 0 Å². The summed E-state index contributed by atoms with van der Waals surface area (Å²) in [6.07, 6.45) is 0.963. The Bertz CT molecular complexity index is 147. The minimum atomic E-state index is -3.09. The molecule has 0 heterocycles. The molecule has 0 N–H and O–H groups in total. The second-order valence-electron chi connectivity index (χ2n) is 1.95. The standard InChI is InChI=1S/C6H13O4P/c1-3-5-11(8,9-4-2)10-6-7/h6H,3-5H2,1-2H3. The summed E-state index contributed by atoms with van der Waals surface area (Å²) in [6, 6.07) is 0. The number of carbonyl (C=O) groups excluding carboxylic acids is 1. The molecular formula is C6H13O4P. The molecule has 11 heavy (non-hydrogen) atoms. The van der Waals surface area contributed by atoms with Crippen molar-refractivity contribution in [1.29, 1.82) is 0 Å². The third-order valence-electron chi connectivity index (χ3n) is 1.03. The van der Waals surface area contributed by atoms with E-state index in [4.69, 9.17) is 4.52 Å². The molecule has 0 saturated heterocycles. The molecule has 0 aromatic heterocycles. The van der Waals surface area contributed by atoms with Gasteiger partial charge in [0.05, 0.1) is 12.8 Å². The Balaban J connectivity index is 4.01. The van der Waals surface area contributed by atoms with Crippen LogP contribution in [0.2, 0.25) is 0 Å². The van der Waals surface area contributed by atoms with Crippen LogP contribution in [0.25, 0.3) is 0 Å². The van der Waals surface area contributed by atoms with Crippen LogP contribution < -0.4 is 0 Å². The Hall–Kier alpha value is -0.340. The minimum absolute atomic E-state index is 0.173. The number of hydrogen-bond donors (Lipinski definition) is 0. The minimum Gasteiger partial charge on any atom is -0.394 e. The van der Waals surface area contributed by atoms with Crippen molar-refractivity contribution < 1.29 is 18.4 Å². The van der Waals surface area contributed by atoms with Crippen molar-refractivity contribution in [2.45, 2.75) is 20.3 Å². The van der Waals surface area contributed by atoms with Gasteiger partial charge in [0.1, 0.15) is 0 Å². The van der Waals surface area contributed by atoms with Gasteiger partial charge in [-0.3, -0.25) is 4.79 Å². The lowest BCUT2D eigenvalue weighted by Crippen LogP contribution is -1.97. The molecule has 0 amide bonds. The predicted molar refractivity (Wildman–Crippen MR) is 41.5 cm³/mol. The third-order valence-corrected chi connectivity index (χ3v) is 3.08. The highest BCUT2D eigenvalue weighted by Crippen LogP contribution is 2.47. The second kappa shape index (κ2) is 5.33. The zero-order valence-electron chi connectivity index (χ0n) is 6.78. The molecular weight excluding hydrogens is 167 g/mol. The molecule has 0 aliphatic carbocycles. The molecule has 0 rings (SSSR count). The van der Waals surface area contributed by atoms with Crippen molar-refractivity contribution in [2.75, 3.05) is 12.8 Å². The lowest BCUT2D eigenvalue weighted by molar-refractivity contribution is -0.121. The molecule has 4 nitrogen and oxygen atoms in total. The highest BCUT2D eigenvalue weighted by molar-refractivity contribution is 7.54. The normalized spacial score (nSPS) is 15.5. The van der Waals surface area contributed by atoms with E-state index in [0.29, 0.717) is 19.2 Å². The third kappa shape index (κ3) is 4.17. The molecule has 0 spiro atoms. The summed E-state index contributed by atoms with van der Waals surface area (Å²) < 4.78 is 20.5. The quantitative estimate of drug-likeness (QED) is 0.462. The first kappa shape index (κ1) is 10.7. The topological polar surface area (TPSA) is 52.6 Å². The van der Waals surface area contributed by atoms with E-state index < -0.39 is 7.60 Å². The molecule has 0 saturated carbocycles. The molecule has 0 aromatic rings. The summed E-state index contributed by atoms with van der Waals surface area (Å²) in [5.41, 5.74) is 0. The molecule has 0 fully saturated rings. The Labute approximate surface area is 66.4 Å². The van der Waals surface area contributed by atoms with Gasteiger partial charge < -0.3 is 9.05 Å². The summed E-state index contributed by atoms with van der Waals surface area (Å²) in [7, 11) is -3.09. The van der Waals surface area contributed by atoms with Crippen molar-refractivity contribution >= 4 is 14.1 Å². The van der Waals surface area contributed by atoms with Crippen molar-refractivity contribution in [3.05, 3.63) is 0 Å². The summed E-state index contributed by atoms with van der Waals surface area (Å²) in [5, 5.41) is 0. The Morgan fingerprint density at radius 3 is 2.45 bits per heavy atom. The molecule has 0 aliphatic heterocycles. The molecule has 5 heteroatoms. The lowest BCUT2D eigenvalue weighted by atomic mass is 10.6. The van der Waals surface area contributed by atoms with E-state index in [0.717, 1.165) is 0 Å². The highest BCUT2D eigenvalue weighted by Gasteiger charge is 2.22. The average molecular weight is 180 g/mol. The van der Waals surface area contributed by atoms with Gasteiger partial charge in [-0.15, -0.1) is 0 Å². The van der Waals surface area contributed by atoms with Crippen molar-refractivity contribution in [3.63, 3.8) is 0 Å². The largest absolute Gasteiger partial charge is 0.394 e. The van der Waals surface area contributed by atoms with Gasteiger partial charge >= 0.3 is 7.60 Å². The monoisotopic (exact) mass is 180 g/mol. The Morgan fingerprint density at radius 2 is 2.09 bits per heavy atom. The first-order valence-corrected chi connectivity index (χ1v) is 5.27. The number of carbonyl (C=O) groups is 1. The molecule has 0 aromatic carbocycles. The van der Waals surface area contributed by atoms with Crippen LogP contribution in [0.3, 0.4) is 0 Å². The van der Waals surface area contributed by atoms with Crippen LogP contribution in [-0.2, 0) is 18.4 Å². The van der Waals surface area contributed by atoms with Crippen LogP contribution in [0.5, 0.6) is 0 Å². The fraction of sp³-hybridized carbons (Fsp3) is 0.833. The van der Waals surface area contributed by atoms with Crippen LogP contribution in [0.4, 0.5) is 0 Å². The van der Waals surface area contributed by atoms with Gasteiger partial charge in [0, 0.05) is 0 Å². The fourth-order valence-corrected chi connectivity index (χ4v) is 2.05. The zero-order chi connectivity index (χ0) is 8.74. The van der Waals surface area contributed by atoms with E-state index >= 15 is 0 Å². The summed E-state index contributed by atoms with van der Waals surface area (Å²) in [4.78, 5) is 9.90. The van der Waals surface area contributed by atoms with E-state index in [-0.39, 0.29) is 6.47 Å². The molecule has 0 aliphatic rings. The average Bonchev–Trinajstić information content (AvgIpc) is 1.88. The predicted octanol–water partition coefficient (Wildman–Crippen LogP) is 1.80. The molecule has 66 valence electrons. The van der Waals surface area contributed by atoms with Gasteiger partial charge in [-0.1, -0.05) is 6.92 Å². The van der Waals surface area contributed by atoms with Crippen LogP contribution >= 0.6 is 7.60 Å². The molecule has 0 bridgehead atoms. The highest BCUT2D eigenvalue weighted by atomic mass is 31.2. The van der Waals surface area contributed by atoms with Crippen molar-refractivity contribution in [2.24, 2.45) is 0 Å². The number of rotatable bonds is 6. The van der Waals surface area contributed by atoms with Gasteiger partial charge in [-0.2, -0.15) is 0 Å². The fourth-order valence-electron chi connectivity index (χ4n) is 0.684. The first-order chi connectivity index (χ1) is 5.18.